The second kappa shape index (κ2) is 12.1. The maximum absolute atomic E-state index is 15.2. The van der Waals surface area contributed by atoms with Gasteiger partial charge < -0.3 is 19.9 Å². The van der Waals surface area contributed by atoms with Crippen LogP contribution in [0, 0.1) is 5.82 Å². The highest BCUT2D eigenvalue weighted by atomic mass is 32.2. The van der Waals surface area contributed by atoms with Gasteiger partial charge in [-0.2, -0.15) is 14.6 Å². The molecule has 2 atom stereocenters. The average molecular weight is 610 g/mol. The summed E-state index contributed by atoms with van der Waals surface area (Å²) in [5.74, 6) is -0.407. The summed E-state index contributed by atoms with van der Waals surface area (Å²) >= 11 is 0. The molecular formula is C29H32FN7O5S. The fourth-order valence-corrected chi connectivity index (χ4v) is 5.70. The number of nitrogens with one attached hydrogen (secondary N) is 1. The average Bonchev–Trinajstić information content (AvgIpc) is 3.62. The van der Waals surface area contributed by atoms with E-state index in [0.717, 1.165) is 6.07 Å². The molecule has 0 bridgehead atoms. The summed E-state index contributed by atoms with van der Waals surface area (Å²) in [5.41, 5.74) is 1.92. The molecule has 0 amide bonds. The van der Waals surface area contributed by atoms with Gasteiger partial charge in [0.1, 0.15) is 24.1 Å². The molecule has 0 saturated heterocycles. The molecule has 12 nitrogen and oxygen atoms in total. The van der Waals surface area contributed by atoms with E-state index < -0.39 is 21.8 Å². The van der Waals surface area contributed by atoms with Gasteiger partial charge in [0.05, 0.1) is 33.9 Å². The number of aliphatic hydroxyl groups excluding tert-OH is 1. The zero-order chi connectivity index (χ0) is 30.9. The lowest BCUT2D eigenvalue weighted by Crippen LogP contribution is -2.10. The van der Waals surface area contributed by atoms with Crippen LogP contribution in [0.5, 0.6) is 5.75 Å². The largest absolute Gasteiger partial charge is 0.485 e. The summed E-state index contributed by atoms with van der Waals surface area (Å²) in [6, 6.07) is 9.43. The number of aliphatic hydroxyl groups is 1. The molecule has 0 aliphatic carbocycles. The van der Waals surface area contributed by atoms with Crippen LogP contribution in [0.25, 0.3) is 16.9 Å². The van der Waals surface area contributed by atoms with Crippen molar-refractivity contribution in [3.8, 4) is 17.0 Å². The van der Waals surface area contributed by atoms with Crippen LogP contribution in [0.1, 0.15) is 52.5 Å². The molecule has 0 spiro atoms. The van der Waals surface area contributed by atoms with E-state index in [1.54, 1.807) is 23.1 Å². The zero-order valence-electron chi connectivity index (χ0n) is 24.3. The van der Waals surface area contributed by atoms with E-state index in [1.165, 1.54) is 48.1 Å². The number of benzene rings is 2. The highest BCUT2D eigenvalue weighted by Gasteiger charge is 2.23. The normalized spacial score (nSPS) is 13.4. The van der Waals surface area contributed by atoms with Gasteiger partial charge >= 0.3 is 0 Å². The maximum atomic E-state index is 15.2. The van der Waals surface area contributed by atoms with Crippen LogP contribution < -0.4 is 10.1 Å². The molecule has 2 unspecified atom stereocenters. The number of nitrogens with zero attached hydrogens (tertiary/aromatic N) is 6. The Morgan fingerprint density at radius 3 is 2.56 bits per heavy atom. The van der Waals surface area contributed by atoms with Crippen molar-refractivity contribution >= 4 is 27.1 Å². The van der Waals surface area contributed by atoms with E-state index >= 15 is 4.39 Å². The topological polar surface area (TPSA) is 146 Å². The van der Waals surface area contributed by atoms with Crippen molar-refractivity contribution in [2.24, 2.45) is 0 Å². The Kier molecular flexibility index (Phi) is 8.44. The Balaban J connectivity index is 1.46. The number of hydrogen-bond acceptors (Lipinski definition) is 10. The first-order valence-corrected chi connectivity index (χ1v) is 15.1. The second-order valence-corrected chi connectivity index (χ2v) is 12.0. The molecule has 3 heterocycles. The Morgan fingerprint density at radius 2 is 1.86 bits per heavy atom. The van der Waals surface area contributed by atoms with Crippen molar-refractivity contribution in [3.05, 3.63) is 72.6 Å². The van der Waals surface area contributed by atoms with Crippen molar-refractivity contribution in [2.45, 2.75) is 62.8 Å². The highest BCUT2D eigenvalue weighted by Crippen LogP contribution is 2.33. The zero-order valence-corrected chi connectivity index (χ0v) is 25.1. The number of anilines is 2. The van der Waals surface area contributed by atoms with Crippen molar-refractivity contribution in [1.82, 2.24) is 29.4 Å². The van der Waals surface area contributed by atoms with Gasteiger partial charge in [0.2, 0.25) is 21.4 Å². The van der Waals surface area contributed by atoms with Crippen LogP contribution in [0.2, 0.25) is 0 Å². The van der Waals surface area contributed by atoms with Crippen LogP contribution in [0.15, 0.2) is 71.0 Å². The minimum absolute atomic E-state index is 0.0294. The molecular weight excluding hydrogens is 577 g/mol. The fraction of sp³-hybridized carbons (Fsp3) is 0.310. The summed E-state index contributed by atoms with van der Waals surface area (Å²) in [4.78, 5) is 8.76. The number of aromatic nitrogens is 6. The Bertz CT molecular complexity index is 1870. The molecule has 0 fully saturated rings. The van der Waals surface area contributed by atoms with Crippen LogP contribution in [-0.2, 0) is 14.6 Å². The standard InChI is InChI=1S/C29H32FN7O5S/c1-6-41-19(5)36-15-21(14-32-36)26-27(42-17(2)3)28-34-29(35-37(28)16-31-26)33-25-11-10-23(13-24(25)30)43(39,40)22-9-7-8-20(12-22)18(4)38/h7-19,38H,6H2,1-5H3,(H,33,35). The van der Waals surface area contributed by atoms with Crippen LogP contribution in [0.4, 0.5) is 16.0 Å². The van der Waals surface area contributed by atoms with E-state index in [0.29, 0.717) is 34.8 Å². The van der Waals surface area contributed by atoms with Gasteiger partial charge in [-0.3, -0.25) is 0 Å². The minimum atomic E-state index is -4.04. The van der Waals surface area contributed by atoms with E-state index in [2.05, 4.69) is 25.5 Å². The van der Waals surface area contributed by atoms with Crippen molar-refractivity contribution in [1.29, 1.82) is 0 Å². The van der Waals surface area contributed by atoms with Crippen molar-refractivity contribution in [2.75, 3.05) is 11.9 Å². The molecule has 0 aliphatic heterocycles. The number of ether oxygens (including phenoxy) is 2. The highest BCUT2D eigenvalue weighted by molar-refractivity contribution is 7.91. The van der Waals surface area contributed by atoms with Gasteiger partial charge in [0.25, 0.3) is 0 Å². The van der Waals surface area contributed by atoms with Gasteiger partial charge in [0.15, 0.2) is 5.75 Å². The molecule has 14 heteroatoms. The third-order valence-corrected chi connectivity index (χ3v) is 8.25. The number of rotatable bonds is 11. The maximum Gasteiger partial charge on any atom is 0.247 e. The summed E-state index contributed by atoms with van der Waals surface area (Å²) < 4.78 is 56.3. The van der Waals surface area contributed by atoms with Crippen LogP contribution >= 0.6 is 0 Å². The predicted molar refractivity (Wildman–Crippen MR) is 156 cm³/mol. The molecule has 5 rings (SSSR count). The lowest BCUT2D eigenvalue weighted by molar-refractivity contribution is 0.0160. The predicted octanol–water partition coefficient (Wildman–Crippen LogP) is 5.10. The van der Waals surface area contributed by atoms with Crippen molar-refractivity contribution in [3.63, 3.8) is 0 Å². The molecule has 3 aromatic heterocycles. The van der Waals surface area contributed by atoms with E-state index in [1.807, 2.05) is 27.7 Å². The quantitative estimate of drug-likeness (QED) is 0.207. The lowest BCUT2D eigenvalue weighted by atomic mass is 10.1. The first-order chi connectivity index (χ1) is 20.5. The minimum Gasteiger partial charge on any atom is -0.485 e. The monoisotopic (exact) mass is 609 g/mol. The summed E-state index contributed by atoms with van der Waals surface area (Å²) in [5, 5.41) is 21.4. The summed E-state index contributed by atoms with van der Waals surface area (Å²) in [6.07, 6.45) is 3.58. The number of halogens is 1. The molecule has 0 radical (unpaired) electrons. The van der Waals surface area contributed by atoms with Crippen LogP contribution in [0.3, 0.4) is 0 Å². The summed E-state index contributed by atoms with van der Waals surface area (Å²) in [6.45, 7) is 9.60. The fourth-order valence-electron chi connectivity index (χ4n) is 4.38. The van der Waals surface area contributed by atoms with E-state index in [4.69, 9.17) is 9.47 Å². The summed E-state index contributed by atoms with van der Waals surface area (Å²) in [7, 11) is -4.04. The molecule has 5 aromatic rings. The van der Waals surface area contributed by atoms with Gasteiger partial charge in [-0.15, -0.1) is 5.10 Å². The molecule has 0 aliphatic rings. The van der Waals surface area contributed by atoms with Crippen molar-refractivity contribution < 1.29 is 27.4 Å². The van der Waals surface area contributed by atoms with Gasteiger partial charge in [-0.25, -0.2) is 22.5 Å². The van der Waals surface area contributed by atoms with E-state index in [-0.39, 0.29) is 33.8 Å². The smallest absolute Gasteiger partial charge is 0.247 e. The SMILES string of the molecule is CCOC(C)n1cc(-c2ncn3nc(Nc4ccc(S(=O)(=O)c5cccc(C(C)O)c5)cc4F)nc3c2OC(C)C)cn1. The Labute approximate surface area is 248 Å². The molecule has 2 N–H and O–H groups in total. The lowest BCUT2D eigenvalue weighted by Gasteiger charge is -2.13. The number of sulfone groups is 1. The first kappa shape index (κ1) is 30.1. The molecule has 226 valence electrons. The Hall–Kier alpha value is -4.40. The third kappa shape index (κ3) is 6.21. The molecule has 0 saturated carbocycles. The second-order valence-electron chi connectivity index (χ2n) is 10.1. The molecule has 43 heavy (non-hydrogen) atoms. The molecule has 2 aromatic carbocycles. The number of hydrogen-bond donors (Lipinski definition) is 2. The van der Waals surface area contributed by atoms with E-state index in [9.17, 15) is 13.5 Å². The third-order valence-electron chi connectivity index (χ3n) is 6.50. The van der Waals surface area contributed by atoms with Crippen LogP contribution in [-0.4, -0.2) is 55.6 Å². The first-order valence-electron chi connectivity index (χ1n) is 13.7. The number of fused-ring (bicyclic) bond motifs is 1. The van der Waals surface area contributed by atoms with Gasteiger partial charge in [-0.05, 0) is 70.5 Å². The van der Waals surface area contributed by atoms with Gasteiger partial charge in [-0.1, -0.05) is 12.1 Å². The Morgan fingerprint density at radius 1 is 1.09 bits per heavy atom. The van der Waals surface area contributed by atoms with Gasteiger partial charge in [0, 0.05) is 18.4 Å².